The fourth-order valence-electron chi connectivity index (χ4n) is 3.79. The lowest BCUT2D eigenvalue weighted by Gasteiger charge is -2.41. The molecule has 1 rings (SSSR count). The third kappa shape index (κ3) is 11.2. The Kier molecular flexibility index (Phi) is 15.3. The molecule has 5 atom stereocenters. The molecule has 206 valence electrons. The van der Waals surface area contributed by atoms with Crippen LogP contribution >= 0.6 is 11.8 Å². The van der Waals surface area contributed by atoms with E-state index < -0.39 is 30.1 Å². The van der Waals surface area contributed by atoms with E-state index in [4.69, 9.17) is 9.47 Å². The highest BCUT2D eigenvalue weighted by molar-refractivity contribution is 7.99. The van der Waals surface area contributed by atoms with E-state index >= 15 is 0 Å². The van der Waals surface area contributed by atoms with Crippen LogP contribution in [0, 0.1) is 11.8 Å². The van der Waals surface area contributed by atoms with Gasteiger partial charge in [-0.2, -0.15) is 11.8 Å². The Morgan fingerprint density at radius 1 is 1.03 bits per heavy atom. The fourth-order valence-corrected chi connectivity index (χ4v) is 4.73. The van der Waals surface area contributed by atoms with Crippen molar-refractivity contribution < 1.29 is 34.4 Å². The molecule has 0 saturated heterocycles. The number of ether oxygens (including phenoxy) is 2. The fraction of sp³-hybridized carbons (Fsp3) is 0.704. The number of benzene rings is 1. The van der Waals surface area contributed by atoms with Crippen LogP contribution in [0.1, 0.15) is 64.2 Å². The minimum absolute atomic E-state index is 0.0483. The summed E-state index contributed by atoms with van der Waals surface area (Å²) in [4.78, 5) is 23.6. The first-order chi connectivity index (χ1) is 17.0. The smallest absolute Gasteiger partial charge is 0.251 e. The predicted octanol–water partition coefficient (Wildman–Crippen LogP) is 2.26. The van der Waals surface area contributed by atoms with Gasteiger partial charge in [-0.3, -0.25) is 4.79 Å². The molecule has 0 spiro atoms. The lowest BCUT2D eigenvalue weighted by molar-refractivity contribution is -0.308. The number of thioether (sulfide) groups is 1. The average molecular weight is 527 g/mol. The van der Waals surface area contributed by atoms with Crippen LogP contribution in [-0.2, 0) is 14.3 Å². The maximum Gasteiger partial charge on any atom is 0.251 e. The molecule has 1 amide bonds. The van der Waals surface area contributed by atoms with Gasteiger partial charge in [0.2, 0.25) is 0 Å². The summed E-state index contributed by atoms with van der Waals surface area (Å²) in [7, 11) is 0. The van der Waals surface area contributed by atoms with Crippen LogP contribution in [0.15, 0.2) is 30.3 Å². The zero-order valence-electron chi connectivity index (χ0n) is 22.3. The molecular weight excluding hydrogens is 482 g/mol. The molecule has 3 N–H and O–H groups in total. The van der Waals surface area contributed by atoms with Crippen molar-refractivity contribution in [2.75, 3.05) is 31.3 Å². The van der Waals surface area contributed by atoms with Crippen molar-refractivity contribution in [2.45, 2.75) is 77.7 Å². The van der Waals surface area contributed by atoms with Crippen LogP contribution in [0.3, 0.4) is 0 Å². The number of hydrogen-bond acceptors (Lipinski definition) is 8. The van der Waals surface area contributed by atoms with Crippen LogP contribution in [-0.4, -0.2) is 77.3 Å². The van der Waals surface area contributed by atoms with Crippen molar-refractivity contribution in [1.29, 1.82) is 0 Å². The van der Waals surface area contributed by atoms with Gasteiger partial charge in [0.25, 0.3) is 5.91 Å². The molecule has 0 fully saturated rings. The molecule has 0 aliphatic carbocycles. The first-order valence-electron chi connectivity index (χ1n) is 12.8. The Morgan fingerprint density at radius 2 is 1.61 bits per heavy atom. The van der Waals surface area contributed by atoms with E-state index in [9.17, 15) is 24.9 Å². The zero-order valence-corrected chi connectivity index (χ0v) is 23.1. The van der Waals surface area contributed by atoms with Gasteiger partial charge in [0.1, 0.15) is 6.10 Å². The van der Waals surface area contributed by atoms with Gasteiger partial charge in [0, 0.05) is 11.3 Å². The van der Waals surface area contributed by atoms with Crippen LogP contribution in [0.2, 0.25) is 0 Å². The minimum Gasteiger partial charge on any atom is -0.548 e. The summed E-state index contributed by atoms with van der Waals surface area (Å²) < 4.78 is 11.6. The number of nitrogens with one attached hydrogen (secondary N) is 1. The third-order valence-electron chi connectivity index (χ3n) is 6.88. The molecule has 9 heteroatoms. The topological polar surface area (TPSA) is 128 Å². The standard InChI is InChI=1S/C27H45NO7S/c1-6-19(3)27(5,20(4)7-2)35-17-22(29)15-34-16-23(30)18-36-14-13-24(26(32)33)28-25(31)21-11-9-8-10-12-21/h8-12,19-20,22-24,29-30H,6-7,13-18H2,1-5H3,(H,28,31)(H,32,33)/p-1. The first-order valence-corrected chi connectivity index (χ1v) is 13.9. The monoisotopic (exact) mass is 526 g/mol. The van der Waals surface area contributed by atoms with Gasteiger partial charge in [-0.15, -0.1) is 0 Å². The van der Waals surface area contributed by atoms with Crippen molar-refractivity contribution in [3.05, 3.63) is 35.9 Å². The summed E-state index contributed by atoms with van der Waals surface area (Å²) in [5.41, 5.74) is 0.0470. The molecule has 0 aromatic heterocycles. The van der Waals surface area contributed by atoms with E-state index in [0.717, 1.165) is 12.8 Å². The summed E-state index contributed by atoms with van der Waals surface area (Å²) >= 11 is 1.35. The van der Waals surface area contributed by atoms with E-state index in [1.54, 1.807) is 30.3 Å². The van der Waals surface area contributed by atoms with Gasteiger partial charge in [-0.1, -0.05) is 58.7 Å². The number of carboxylic acids is 1. The Labute approximate surface area is 220 Å². The van der Waals surface area contributed by atoms with Crippen molar-refractivity contribution in [3.63, 3.8) is 0 Å². The molecule has 36 heavy (non-hydrogen) atoms. The molecular formula is C27H44NO7S-. The lowest BCUT2D eigenvalue weighted by atomic mass is 9.77. The second-order valence-corrected chi connectivity index (χ2v) is 10.7. The van der Waals surface area contributed by atoms with Crippen LogP contribution in [0.4, 0.5) is 0 Å². The van der Waals surface area contributed by atoms with Gasteiger partial charge < -0.3 is 34.9 Å². The molecule has 0 aliphatic rings. The number of aliphatic hydroxyl groups excluding tert-OH is 2. The molecule has 0 aliphatic heterocycles. The van der Waals surface area contributed by atoms with Crippen LogP contribution in [0.25, 0.3) is 0 Å². The number of rotatable bonds is 19. The van der Waals surface area contributed by atoms with E-state index in [-0.39, 0.29) is 31.8 Å². The maximum absolute atomic E-state index is 12.2. The molecule has 0 bridgehead atoms. The molecule has 5 unspecified atom stereocenters. The van der Waals surface area contributed by atoms with Crippen molar-refractivity contribution >= 4 is 23.6 Å². The summed E-state index contributed by atoms with van der Waals surface area (Å²) in [5, 5.41) is 34.3. The minimum atomic E-state index is -1.35. The normalized spacial score (nSPS) is 17.4. The molecule has 1 aromatic carbocycles. The third-order valence-corrected chi connectivity index (χ3v) is 8.02. The van der Waals surface area contributed by atoms with Gasteiger partial charge in [-0.05, 0) is 43.1 Å². The van der Waals surface area contributed by atoms with Crippen molar-refractivity contribution in [2.24, 2.45) is 11.8 Å². The Bertz CT molecular complexity index is 754. The van der Waals surface area contributed by atoms with E-state index in [2.05, 4.69) is 39.9 Å². The lowest BCUT2D eigenvalue weighted by Crippen LogP contribution is -2.48. The summed E-state index contributed by atoms with van der Waals surface area (Å²) in [6.07, 6.45) is 0.574. The molecule has 8 nitrogen and oxygen atoms in total. The average Bonchev–Trinajstić information content (AvgIpc) is 2.88. The number of carboxylic acid groups (broad SMARTS) is 1. The first kappa shape index (κ1) is 32.4. The van der Waals surface area contributed by atoms with Gasteiger partial charge in [0.15, 0.2) is 0 Å². The van der Waals surface area contributed by atoms with Crippen LogP contribution in [0.5, 0.6) is 0 Å². The van der Waals surface area contributed by atoms with Gasteiger partial charge in [0.05, 0.1) is 43.5 Å². The van der Waals surface area contributed by atoms with E-state index in [0.29, 0.717) is 28.9 Å². The molecule has 1 aromatic rings. The zero-order chi connectivity index (χ0) is 27.1. The predicted molar refractivity (Wildman–Crippen MR) is 141 cm³/mol. The summed E-state index contributed by atoms with van der Waals surface area (Å²) in [6, 6.07) is 7.25. The highest BCUT2D eigenvalue weighted by Gasteiger charge is 2.36. The quantitative estimate of drug-likeness (QED) is 0.234. The maximum atomic E-state index is 12.2. The molecule has 0 heterocycles. The Hall–Kier alpha value is -1.65. The second-order valence-electron chi connectivity index (χ2n) is 9.53. The number of amides is 1. The number of aliphatic hydroxyl groups is 2. The number of carbonyl (C=O) groups excluding carboxylic acids is 2. The number of carbonyl (C=O) groups is 2. The highest BCUT2D eigenvalue weighted by Crippen LogP contribution is 2.34. The van der Waals surface area contributed by atoms with Gasteiger partial charge in [-0.25, -0.2) is 0 Å². The Morgan fingerprint density at radius 3 is 2.17 bits per heavy atom. The summed E-state index contributed by atoms with van der Waals surface area (Å²) in [5.74, 6) is -0.383. The van der Waals surface area contributed by atoms with Gasteiger partial charge >= 0.3 is 0 Å². The van der Waals surface area contributed by atoms with Crippen molar-refractivity contribution in [1.82, 2.24) is 5.32 Å². The van der Waals surface area contributed by atoms with E-state index in [1.807, 2.05) is 0 Å². The van der Waals surface area contributed by atoms with E-state index in [1.165, 1.54) is 11.8 Å². The molecule has 0 radical (unpaired) electrons. The highest BCUT2D eigenvalue weighted by atomic mass is 32.2. The SMILES string of the molecule is CCC(C)C(C)(OCC(O)COCC(O)CSCCC(NC(=O)c1ccccc1)C(=O)[O-])C(C)CC. The van der Waals surface area contributed by atoms with Crippen LogP contribution < -0.4 is 10.4 Å². The largest absolute Gasteiger partial charge is 0.548 e. The second kappa shape index (κ2) is 17.0. The summed E-state index contributed by atoms with van der Waals surface area (Å²) in [6.45, 7) is 11.0. The number of aliphatic carboxylic acids is 1. The Balaban J connectivity index is 2.30. The van der Waals surface area contributed by atoms with Crippen molar-refractivity contribution in [3.8, 4) is 0 Å². The molecule has 0 saturated carbocycles. The number of hydrogen-bond donors (Lipinski definition) is 3.